The zero-order valence-corrected chi connectivity index (χ0v) is 16.1. The minimum atomic E-state index is 0.0562. The first-order valence-corrected chi connectivity index (χ1v) is 10.3. The molecule has 2 aliphatic heterocycles. The highest BCUT2D eigenvalue weighted by molar-refractivity contribution is 5.76. The number of hydrogen-bond donors (Lipinski definition) is 2. The monoisotopic (exact) mass is 362 g/mol. The molecule has 3 heteroatoms. The zero-order chi connectivity index (χ0) is 18.6. The lowest BCUT2D eigenvalue weighted by Gasteiger charge is -2.30. The van der Waals surface area contributed by atoms with Crippen LogP contribution in [0.25, 0.3) is 0 Å². The first-order valence-electron chi connectivity index (χ1n) is 10.3. The summed E-state index contributed by atoms with van der Waals surface area (Å²) < 4.78 is 0. The van der Waals surface area contributed by atoms with Gasteiger partial charge < -0.3 is 10.6 Å². The minimum absolute atomic E-state index is 0.0562. The average Bonchev–Trinajstić information content (AvgIpc) is 3.02. The first kappa shape index (κ1) is 18.2. The Hall–Kier alpha value is -2.13. The number of hydrogen-bond acceptors (Lipinski definition) is 2. The molecule has 4 rings (SSSR count). The van der Waals surface area contributed by atoms with E-state index >= 15 is 0 Å². The van der Waals surface area contributed by atoms with Crippen LogP contribution in [0.1, 0.15) is 56.1 Å². The fraction of sp³-hybridized carbons (Fsp3) is 0.458. The maximum atomic E-state index is 12.8. The van der Waals surface area contributed by atoms with Gasteiger partial charge in [-0.05, 0) is 49.7 Å². The van der Waals surface area contributed by atoms with Gasteiger partial charge in [0.05, 0.1) is 0 Å². The Bertz CT molecular complexity index is 694. The van der Waals surface area contributed by atoms with Crippen LogP contribution in [0.15, 0.2) is 60.7 Å². The number of piperidine rings is 1. The van der Waals surface area contributed by atoms with E-state index in [0.29, 0.717) is 24.4 Å². The van der Waals surface area contributed by atoms with E-state index < -0.39 is 0 Å². The van der Waals surface area contributed by atoms with Crippen LogP contribution in [0.3, 0.4) is 0 Å². The van der Waals surface area contributed by atoms with Crippen LogP contribution in [0, 0.1) is 5.92 Å². The Morgan fingerprint density at radius 1 is 0.963 bits per heavy atom. The predicted octanol–water partition coefficient (Wildman–Crippen LogP) is 4.24. The van der Waals surface area contributed by atoms with Crippen molar-refractivity contribution in [2.75, 3.05) is 0 Å². The van der Waals surface area contributed by atoms with Crippen LogP contribution < -0.4 is 10.6 Å². The molecule has 0 saturated carbocycles. The number of nitrogens with one attached hydrogen (secondary N) is 2. The van der Waals surface area contributed by atoms with Crippen LogP contribution in [-0.4, -0.2) is 24.0 Å². The van der Waals surface area contributed by atoms with Crippen LogP contribution in [-0.2, 0) is 4.79 Å². The Balaban J connectivity index is 1.44. The molecule has 0 aromatic heterocycles. The minimum Gasteiger partial charge on any atom is -0.353 e. The fourth-order valence-electron chi connectivity index (χ4n) is 5.09. The second-order valence-electron chi connectivity index (χ2n) is 8.33. The van der Waals surface area contributed by atoms with E-state index in [-0.39, 0.29) is 17.9 Å². The van der Waals surface area contributed by atoms with Crippen molar-refractivity contribution < 1.29 is 4.79 Å². The highest BCUT2D eigenvalue weighted by Crippen LogP contribution is 2.33. The van der Waals surface area contributed by atoms with E-state index in [1.807, 2.05) is 12.1 Å². The number of fused-ring (bicyclic) bond motifs is 2. The molecule has 3 atom stereocenters. The third-order valence-electron chi connectivity index (χ3n) is 6.25. The number of rotatable bonds is 6. The normalized spacial score (nSPS) is 25.3. The van der Waals surface area contributed by atoms with Crippen molar-refractivity contribution >= 4 is 5.91 Å². The molecule has 0 aliphatic carbocycles. The highest BCUT2D eigenvalue weighted by atomic mass is 16.1. The highest BCUT2D eigenvalue weighted by Gasteiger charge is 2.34. The van der Waals surface area contributed by atoms with Crippen molar-refractivity contribution in [1.82, 2.24) is 10.6 Å². The molecule has 142 valence electrons. The molecule has 2 bridgehead atoms. The molecular weight excluding hydrogens is 332 g/mol. The molecule has 2 aromatic carbocycles. The Labute approximate surface area is 162 Å². The quantitative estimate of drug-likeness (QED) is 0.807. The number of carbonyl (C=O) groups excluding carboxylic acids is 1. The van der Waals surface area contributed by atoms with Gasteiger partial charge in [0.1, 0.15) is 0 Å². The van der Waals surface area contributed by atoms with Crippen LogP contribution in [0.4, 0.5) is 0 Å². The van der Waals surface area contributed by atoms with Gasteiger partial charge in [0.2, 0.25) is 5.91 Å². The lowest BCUT2D eigenvalue weighted by atomic mass is 9.85. The van der Waals surface area contributed by atoms with Gasteiger partial charge in [-0.1, -0.05) is 60.7 Å². The van der Waals surface area contributed by atoms with E-state index in [1.54, 1.807) is 0 Å². The topological polar surface area (TPSA) is 41.1 Å². The van der Waals surface area contributed by atoms with E-state index in [1.165, 1.54) is 24.0 Å². The molecule has 1 amide bonds. The molecule has 2 saturated heterocycles. The Morgan fingerprint density at radius 2 is 1.48 bits per heavy atom. The summed E-state index contributed by atoms with van der Waals surface area (Å²) in [5.74, 6) is 0.897. The van der Waals surface area contributed by atoms with Crippen LogP contribution >= 0.6 is 0 Å². The lowest BCUT2D eigenvalue weighted by molar-refractivity contribution is -0.123. The number of amides is 1. The summed E-state index contributed by atoms with van der Waals surface area (Å²) in [7, 11) is 0. The summed E-state index contributed by atoms with van der Waals surface area (Å²) in [6.07, 6.45) is 5.53. The summed E-state index contributed by atoms with van der Waals surface area (Å²) in [6.45, 7) is 2.13. The molecule has 0 spiro atoms. The Kier molecular flexibility index (Phi) is 5.58. The van der Waals surface area contributed by atoms with Crippen molar-refractivity contribution in [3.8, 4) is 0 Å². The van der Waals surface area contributed by atoms with Crippen molar-refractivity contribution in [2.24, 2.45) is 5.92 Å². The molecule has 2 fully saturated rings. The maximum Gasteiger partial charge on any atom is 0.220 e. The second kappa shape index (κ2) is 8.26. The summed E-state index contributed by atoms with van der Waals surface area (Å²) in [6, 6.07) is 22.3. The summed E-state index contributed by atoms with van der Waals surface area (Å²) in [5, 5.41) is 6.98. The van der Waals surface area contributed by atoms with E-state index in [2.05, 4.69) is 66.1 Å². The third kappa shape index (κ3) is 4.41. The number of carbonyl (C=O) groups is 1. The molecule has 27 heavy (non-hydrogen) atoms. The van der Waals surface area contributed by atoms with E-state index in [4.69, 9.17) is 0 Å². The van der Waals surface area contributed by atoms with Gasteiger partial charge in [-0.3, -0.25) is 4.79 Å². The van der Waals surface area contributed by atoms with Crippen molar-refractivity contribution in [3.63, 3.8) is 0 Å². The average molecular weight is 363 g/mol. The molecule has 2 heterocycles. The SMILES string of the molecule is CC(NC(=O)CC1CC2CCC(C1)N2)C(c1ccccc1)c1ccccc1. The van der Waals surface area contributed by atoms with Gasteiger partial charge in [0, 0.05) is 30.5 Å². The molecule has 2 aromatic rings. The van der Waals surface area contributed by atoms with E-state index in [9.17, 15) is 4.79 Å². The van der Waals surface area contributed by atoms with Gasteiger partial charge in [-0.2, -0.15) is 0 Å². The maximum absolute atomic E-state index is 12.8. The zero-order valence-electron chi connectivity index (χ0n) is 16.1. The third-order valence-corrected chi connectivity index (χ3v) is 6.25. The first-order chi connectivity index (χ1) is 13.2. The van der Waals surface area contributed by atoms with Gasteiger partial charge in [0.25, 0.3) is 0 Å². The standard InChI is InChI=1S/C24H30N2O/c1-17(25-23(27)16-18-14-21-12-13-22(15-18)26-21)24(19-8-4-2-5-9-19)20-10-6-3-7-11-20/h2-11,17-18,21-22,24,26H,12-16H2,1H3,(H,25,27). The smallest absolute Gasteiger partial charge is 0.220 e. The van der Waals surface area contributed by atoms with E-state index in [0.717, 1.165) is 12.8 Å². The lowest BCUT2D eigenvalue weighted by Crippen LogP contribution is -2.42. The molecule has 2 N–H and O–H groups in total. The largest absolute Gasteiger partial charge is 0.353 e. The molecule has 0 radical (unpaired) electrons. The summed E-state index contributed by atoms with van der Waals surface area (Å²) in [5.41, 5.74) is 2.49. The van der Waals surface area contributed by atoms with Gasteiger partial charge in [-0.25, -0.2) is 0 Å². The second-order valence-corrected chi connectivity index (χ2v) is 8.33. The van der Waals surface area contributed by atoms with Gasteiger partial charge >= 0.3 is 0 Å². The fourth-order valence-corrected chi connectivity index (χ4v) is 5.09. The van der Waals surface area contributed by atoms with Gasteiger partial charge in [-0.15, -0.1) is 0 Å². The Morgan fingerprint density at radius 3 is 2.00 bits per heavy atom. The van der Waals surface area contributed by atoms with Crippen molar-refractivity contribution in [1.29, 1.82) is 0 Å². The number of benzene rings is 2. The molecular formula is C24H30N2O. The van der Waals surface area contributed by atoms with Crippen LogP contribution in [0.5, 0.6) is 0 Å². The van der Waals surface area contributed by atoms with Crippen molar-refractivity contribution in [2.45, 2.75) is 63.1 Å². The summed E-state index contributed by atoms with van der Waals surface area (Å²) >= 11 is 0. The van der Waals surface area contributed by atoms with Gasteiger partial charge in [0.15, 0.2) is 0 Å². The summed E-state index contributed by atoms with van der Waals surface area (Å²) in [4.78, 5) is 12.8. The van der Waals surface area contributed by atoms with Crippen molar-refractivity contribution in [3.05, 3.63) is 71.8 Å². The predicted molar refractivity (Wildman–Crippen MR) is 110 cm³/mol. The molecule has 2 aliphatic rings. The molecule has 3 nitrogen and oxygen atoms in total. The van der Waals surface area contributed by atoms with Crippen LogP contribution in [0.2, 0.25) is 0 Å². The molecule has 3 unspecified atom stereocenters.